The molecule has 2 aliphatic rings. The fourth-order valence-electron chi connectivity index (χ4n) is 4.13. The van der Waals surface area contributed by atoms with E-state index in [1.54, 1.807) is 4.90 Å². The van der Waals surface area contributed by atoms with Gasteiger partial charge >= 0.3 is 0 Å². The fourth-order valence-corrected chi connectivity index (χ4v) is 4.25. The minimum absolute atomic E-state index is 0.0181. The van der Waals surface area contributed by atoms with Crippen LogP contribution in [0.15, 0.2) is 48.6 Å². The van der Waals surface area contributed by atoms with Gasteiger partial charge in [0.25, 0.3) is 0 Å². The maximum absolute atomic E-state index is 13.6. The van der Waals surface area contributed by atoms with Gasteiger partial charge in [-0.05, 0) is 55.7 Å². The zero-order chi connectivity index (χ0) is 21.0. The Morgan fingerprint density at radius 1 is 1.24 bits per heavy atom. The second-order valence-corrected chi connectivity index (χ2v) is 9.20. The Bertz CT molecular complexity index is 800. The van der Waals surface area contributed by atoms with Crippen molar-refractivity contribution in [2.75, 3.05) is 6.54 Å². The molecule has 1 aliphatic carbocycles. The van der Waals surface area contributed by atoms with Crippen LogP contribution in [-0.2, 0) is 16.1 Å². The Morgan fingerprint density at radius 3 is 2.62 bits per heavy atom. The van der Waals surface area contributed by atoms with Crippen molar-refractivity contribution in [2.45, 2.75) is 52.1 Å². The molecule has 3 atom stereocenters. The van der Waals surface area contributed by atoms with Gasteiger partial charge in [0.15, 0.2) is 0 Å². The molecule has 1 heterocycles. The van der Waals surface area contributed by atoms with Gasteiger partial charge in [0.05, 0.1) is 5.92 Å². The van der Waals surface area contributed by atoms with Gasteiger partial charge in [0.2, 0.25) is 11.8 Å². The van der Waals surface area contributed by atoms with E-state index < -0.39 is 5.54 Å². The van der Waals surface area contributed by atoms with E-state index in [4.69, 9.17) is 11.6 Å². The lowest BCUT2D eigenvalue weighted by molar-refractivity contribution is -0.149. The molecular formula is C24H31ClN2O2. The summed E-state index contributed by atoms with van der Waals surface area (Å²) in [6.07, 6.45) is 10.4. The Morgan fingerprint density at radius 2 is 1.93 bits per heavy atom. The van der Waals surface area contributed by atoms with E-state index in [-0.39, 0.29) is 23.7 Å². The van der Waals surface area contributed by atoms with Crippen LogP contribution in [0.4, 0.5) is 0 Å². The molecule has 2 amide bonds. The van der Waals surface area contributed by atoms with E-state index in [9.17, 15) is 9.59 Å². The second kappa shape index (κ2) is 9.17. The zero-order valence-electron chi connectivity index (χ0n) is 17.5. The normalized spacial score (nSPS) is 26.4. The van der Waals surface area contributed by atoms with E-state index in [2.05, 4.69) is 25.2 Å². The molecule has 156 valence electrons. The standard InChI is InChI=1S/C24H31ClN2O2/c1-17(2)13-15-26-23(29)24(3)14-12-19-6-4-5-7-21(19)22(28)27(24)16-18-8-10-20(25)11-9-18/h4-11,17,19,21H,12-16H2,1-3H3,(H,26,29). The predicted octanol–water partition coefficient (Wildman–Crippen LogP) is 4.74. The molecule has 1 fully saturated rings. The summed E-state index contributed by atoms with van der Waals surface area (Å²) in [5.74, 6) is 0.405. The first-order valence-electron chi connectivity index (χ1n) is 10.5. The summed E-state index contributed by atoms with van der Waals surface area (Å²) in [5.41, 5.74) is 0.0879. The van der Waals surface area contributed by atoms with Crippen molar-refractivity contribution in [2.24, 2.45) is 17.8 Å². The summed E-state index contributed by atoms with van der Waals surface area (Å²) in [6, 6.07) is 7.49. The number of rotatable bonds is 6. The van der Waals surface area contributed by atoms with Gasteiger partial charge in [-0.25, -0.2) is 0 Å². The Hall–Kier alpha value is -2.07. The van der Waals surface area contributed by atoms with Gasteiger partial charge in [0.1, 0.15) is 5.54 Å². The summed E-state index contributed by atoms with van der Waals surface area (Å²) < 4.78 is 0. The van der Waals surface area contributed by atoms with Crippen molar-refractivity contribution in [3.05, 3.63) is 59.2 Å². The maximum Gasteiger partial charge on any atom is 0.245 e. The number of amides is 2. The molecule has 0 aromatic heterocycles. The SMILES string of the molecule is CC(C)CCNC(=O)C1(C)CCC2C=CC=CC2C(=O)N1Cc1ccc(Cl)cc1. The molecule has 1 saturated heterocycles. The number of likely N-dealkylation sites (tertiary alicyclic amines) is 1. The van der Waals surface area contributed by atoms with Crippen LogP contribution >= 0.6 is 11.6 Å². The summed E-state index contributed by atoms with van der Waals surface area (Å²) in [5, 5.41) is 3.75. The Kier molecular flexibility index (Phi) is 6.84. The van der Waals surface area contributed by atoms with Crippen molar-refractivity contribution in [3.8, 4) is 0 Å². The first-order chi connectivity index (χ1) is 13.8. The highest BCUT2D eigenvalue weighted by Crippen LogP contribution is 2.38. The fraction of sp³-hybridized carbons (Fsp3) is 0.500. The van der Waals surface area contributed by atoms with Crippen LogP contribution in [0.3, 0.4) is 0 Å². The molecule has 1 aliphatic heterocycles. The molecule has 3 unspecified atom stereocenters. The van der Waals surface area contributed by atoms with Gasteiger partial charge < -0.3 is 10.2 Å². The van der Waals surface area contributed by atoms with E-state index in [1.165, 1.54) is 0 Å². The largest absolute Gasteiger partial charge is 0.354 e. The molecular weight excluding hydrogens is 384 g/mol. The van der Waals surface area contributed by atoms with Crippen LogP contribution < -0.4 is 5.32 Å². The monoisotopic (exact) mass is 414 g/mol. The first-order valence-corrected chi connectivity index (χ1v) is 10.9. The topological polar surface area (TPSA) is 49.4 Å². The Labute approximate surface area is 179 Å². The van der Waals surface area contributed by atoms with Crippen LogP contribution in [-0.4, -0.2) is 28.8 Å². The molecule has 29 heavy (non-hydrogen) atoms. The van der Waals surface area contributed by atoms with Gasteiger partial charge in [-0.3, -0.25) is 9.59 Å². The lowest BCUT2D eigenvalue weighted by Crippen LogP contribution is -2.58. The molecule has 1 aromatic rings. The highest BCUT2D eigenvalue weighted by molar-refractivity contribution is 6.30. The van der Waals surface area contributed by atoms with E-state index in [0.717, 1.165) is 18.4 Å². The molecule has 1 N–H and O–H groups in total. The van der Waals surface area contributed by atoms with Crippen molar-refractivity contribution in [3.63, 3.8) is 0 Å². The van der Waals surface area contributed by atoms with Crippen molar-refractivity contribution < 1.29 is 9.59 Å². The van der Waals surface area contributed by atoms with Gasteiger partial charge in [0, 0.05) is 18.1 Å². The number of allylic oxidation sites excluding steroid dienone is 3. The molecule has 4 nitrogen and oxygen atoms in total. The summed E-state index contributed by atoms with van der Waals surface area (Å²) in [4.78, 5) is 28.7. The van der Waals surface area contributed by atoms with Gasteiger partial charge in [-0.15, -0.1) is 0 Å². The third kappa shape index (κ3) is 4.92. The molecule has 0 bridgehead atoms. The lowest BCUT2D eigenvalue weighted by atomic mass is 9.84. The quantitative estimate of drug-likeness (QED) is 0.730. The number of hydrogen-bond donors (Lipinski definition) is 1. The lowest BCUT2D eigenvalue weighted by Gasteiger charge is -2.39. The number of nitrogens with one attached hydrogen (secondary N) is 1. The van der Waals surface area contributed by atoms with Crippen LogP contribution in [0.1, 0.15) is 45.6 Å². The average molecular weight is 415 g/mol. The second-order valence-electron chi connectivity index (χ2n) is 8.76. The molecule has 0 spiro atoms. The molecule has 3 rings (SSSR count). The number of carbonyl (C=O) groups excluding carboxylic acids is 2. The number of hydrogen-bond acceptors (Lipinski definition) is 2. The smallest absolute Gasteiger partial charge is 0.245 e. The van der Waals surface area contributed by atoms with Gasteiger partial charge in [-0.2, -0.15) is 0 Å². The first kappa shape index (κ1) is 21.6. The zero-order valence-corrected chi connectivity index (χ0v) is 18.3. The van der Waals surface area contributed by atoms with Crippen LogP contribution in [0.2, 0.25) is 5.02 Å². The summed E-state index contributed by atoms with van der Waals surface area (Å²) in [6.45, 7) is 7.21. The number of nitrogens with zero attached hydrogens (tertiary/aromatic N) is 1. The predicted molar refractivity (Wildman–Crippen MR) is 117 cm³/mol. The molecule has 0 saturated carbocycles. The summed E-state index contributed by atoms with van der Waals surface area (Å²) in [7, 11) is 0. The Balaban J connectivity index is 1.90. The molecule has 0 radical (unpaired) electrons. The number of benzene rings is 1. The minimum Gasteiger partial charge on any atom is -0.354 e. The van der Waals surface area contributed by atoms with Crippen LogP contribution in [0, 0.1) is 17.8 Å². The maximum atomic E-state index is 13.6. The highest BCUT2D eigenvalue weighted by atomic mass is 35.5. The average Bonchev–Trinajstić information content (AvgIpc) is 2.80. The minimum atomic E-state index is -0.882. The third-order valence-corrected chi connectivity index (χ3v) is 6.36. The van der Waals surface area contributed by atoms with E-state index >= 15 is 0 Å². The number of halogens is 1. The highest BCUT2D eigenvalue weighted by Gasteiger charge is 2.47. The van der Waals surface area contributed by atoms with Gasteiger partial charge in [-0.1, -0.05) is 61.9 Å². The molecule has 5 heteroatoms. The molecule has 1 aromatic carbocycles. The number of fused-ring (bicyclic) bond motifs is 1. The van der Waals surface area contributed by atoms with E-state index in [0.29, 0.717) is 30.5 Å². The van der Waals surface area contributed by atoms with Crippen molar-refractivity contribution in [1.82, 2.24) is 10.2 Å². The van der Waals surface area contributed by atoms with E-state index in [1.807, 2.05) is 49.4 Å². The third-order valence-electron chi connectivity index (χ3n) is 6.11. The van der Waals surface area contributed by atoms with Crippen molar-refractivity contribution >= 4 is 23.4 Å². The van der Waals surface area contributed by atoms with Crippen LogP contribution in [0.25, 0.3) is 0 Å². The summed E-state index contributed by atoms with van der Waals surface area (Å²) >= 11 is 6.03. The number of carbonyl (C=O) groups is 2. The van der Waals surface area contributed by atoms with Crippen LogP contribution in [0.5, 0.6) is 0 Å². The van der Waals surface area contributed by atoms with Crippen molar-refractivity contribution in [1.29, 1.82) is 0 Å².